The van der Waals surface area contributed by atoms with Crippen LogP contribution in [0.15, 0.2) is 90.6 Å². The molecule has 0 atom stereocenters. The lowest BCUT2D eigenvalue weighted by molar-refractivity contribution is 0.415. The minimum absolute atomic E-state index is 0.676. The van der Waals surface area contributed by atoms with Gasteiger partial charge in [0.1, 0.15) is 10.8 Å². The number of nitrogens with zero attached hydrogens (tertiary/aromatic N) is 4. The zero-order valence-corrected chi connectivity index (χ0v) is 18.1. The Morgan fingerprint density at radius 3 is 2.38 bits per heavy atom. The summed E-state index contributed by atoms with van der Waals surface area (Å²) in [5, 5.41) is 15.0. The fraction of sp³-hybridized carbons (Fsp3) is 0.0400. The lowest BCUT2D eigenvalue weighted by Gasteiger charge is -2.07. The van der Waals surface area contributed by atoms with Gasteiger partial charge in [-0.25, -0.2) is 4.98 Å². The molecule has 0 amide bonds. The summed E-state index contributed by atoms with van der Waals surface area (Å²) < 4.78 is 5.20. The molecule has 0 aliphatic heterocycles. The van der Waals surface area contributed by atoms with Crippen LogP contribution in [-0.2, 0) is 0 Å². The van der Waals surface area contributed by atoms with Gasteiger partial charge in [0.2, 0.25) is 0 Å². The minimum atomic E-state index is 0.676. The fourth-order valence-corrected chi connectivity index (χ4v) is 4.09. The molecule has 0 saturated carbocycles. The molecule has 7 heteroatoms. The summed E-state index contributed by atoms with van der Waals surface area (Å²) in [5.41, 5.74) is 5.75. The summed E-state index contributed by atoms with van der Waals surface area (Å²) in [4.78, 5) is 8.85. The van der Waals surface area contributed by atoms with Gasteiger partial charge in [0, 0.05) is 40.2 Å². The largest absolute Gasteiger partial charge is 0.497 e. The molecule has 2 aromatic carbocycles. The number of pyridine rings is 1. The quantitative estimate of drug-likeness (QED) is 0.347. The number of nitrogens with one attached hydrogen (secondary N) is 1. The zero-order valence-electron chi connectivity index (χ0n) is 17.3. The Kier molecular flexibility index (Phi) is 5.55. The van der Waals surface area contributed by atoms with E-state index in [1.54, 1.807) is 30.8 Å². The number of benzene rings is 2. The molecule has 0 aliphatic carbocycles. The molecule has 0 fully saturated rings. The Morgan fingerprint density at radius 1 is 0.781 bits per heavy atom. The van der Waals surface area contributed by atoms with Crippen LogP contribution in [0.3, 0.4) is 0 Å². The Bertz CT molecular complexity index is 1320. The van der Waals surface area contributed by atoms with Gasteiger partial charge in [0.05, 0.1) is 18.5 Å². The summed E-state index contributed by atoms with van der Waals surface area (Å²) in [6, 6.07) is 23.7. The van der Waals surface area contributed by atoms with Crippen LogP contribution < -0.4 is 10.1 Å². The number of rotatable bonds is 6. The molecule has 3 heterocycles. The Balaban J connectivity index is 1.32. The zero-order chi connectivity index (χ0) is 21.8. The predicted molar refractivity (Wildman–Crippen MR) is 128 cm³/mol. The highest BCUT2D eigenvalue weighted by molar-refractivity contribution is 7.13. The van der Waals surface area contributed by atoms with Crippen molar-refractivity contribution in [3.63, 3.8) is 0 Å². The summed E-state index contributed by atoms with van der Waals surface area (Å²) in [6.07, 6.45) is 3.56. The van der Waals surface area contributed by atoms with E-state index in [-0.39, 0.29) is 0 Å². The molecular formula is C25H19N5OS. The fourth-order valence-electron chi connectivity index (χ4n) is 3.25. The van der Waals surface area contributed by atoms with Crippen LogP contribution in [0, 0.1) is 0 Å². The minimum Gasteiger partial charge on any atom is -0.497 e. The molecule has 156 valence electrons. The number of anilines is 2. The number of thiazole rings is 1. The van der Waals surface area contributed by atoms with Crippen LogP contribution in [0.5, 0.6) is 5.75 Å². The van der Waals surface area contributed by atoms with E-state index in [1.165, 1.54) is 0 Å². The van der Waals surface area contributed by atoms with Crippen molar-refractivity contribution in [2.75, 3.05) is 12.4 Å². The van der Waals surface area contributed by atoms with Crippen molar-refractivity contribution < 1.29 is 4.74 Å². The number of hydrogen-bond donors (Lipinski definition) is 1. The smallest absolute Gasteiger partial charge is 0.153 e. The Labute approximate surface area is 189 Å². The maximum atomic E-state index is 5.20. The molecule has 5 rings (SSSR count). The van der Waals surface area contributed by atoms with Crippen LogP contribution >= 0.6 is 11.3 Å². The molecule has 1 N–H and O–H groups in total. The van der Waals surface area contributed by atoms with Crippen molar-refractivity contribution in [3.8, 4) is 38.8 Å². The first-order chi connectivity index (χ1) is 15.8. The number of hydrogen-bond acceptors (Lipinski definition) is 7. The van der Waals surface area contributed by atoms with Crippen molar-refractivity contribution in [1.82, 2.24) is 20.2 Å². The molecule has 0 saturated heterocycles. The molecule has 0 unspecified atom stereocenters. The van der Waals surface area contributed by atoms with Crippen LogP contribution in [0.2, 0.25) is 0 Å². The molecule has 0 radical (unpaired) electrons. The predicted octanol–water partition coefficient (Wildman–Crippen LogP) is 6.08. The molecule has 6 nitrogen and oxygen atoms in total. The number of methoxy groups -OCH3 is 1. The second kappa shape index (κ2) is 8.95. The van der Waals surface area contributed by atoms with Crippen LogP contribution in [0.1, 0.15) is 0 Å². The topological polar surface area (TPSA) is 72.8 Å². The maximum absolute atomic E-state index is 5.20. The van der Waals surface area contributed by atoms with Crippen molar-refractivity contribution in [1.29, 1.82) is 0 Å². The van der Waals surface area contributed by atoms with Gasteiger partial charge in [-0.05, 0) is 60.7 Å². The van der Waals surface area contributed by atoms with Gasteiger partial charge >= 0.3 is 0 Å². The molecule has 0 bridgehead atoms. The van der Waals surface area contributed by atoms with Gasteiger partial charge in [-0.15, -0.1) is 21.5 Å². The first-order valence-corrected chi connectivity index (χ1v) is 10.9. The SMILES string of the molecule is COc1ccc(-c2ccc(Nc3cccc(-c4csc(-c5ccncc5)n4)c3)nn2)cc1. The number of aromatic nitrogens is 4. The second-order valence-electron chi connectivity index (χ2n) is 7.01. The Hall–Kier alpha value is -4.10. The standard InChI is InChI=1S/C25H19N5OS/c1-31-21-7-5-17(6-8-21)22-9-10-24(30-29-22)27-20-4-2-3-19(15-20)23-16-32-25(28-23)18-11-13-26-14-12-18/h2-16H,1H3,(H,27,30). The van der Waals surface area contributed by atoms with Crippen molar-refractivity contribution >= 4 is 22.8 Å². The van der Waals surface area contributed by atoms with Gasteiger partial charge in [0.25, 0.3) is 0 Å². The van der Waals surface area contributed by atoms with Crippen LogP contribution in [-0.4, -0.2) is 27.3 Å². The lowest BCUT2D eigenvalue weighted by atomic mass is 10.1. The van der Waals surface area contributed by atoms with E-state index in [4.69, 9.17) is 9.72 Å². The van der Waals surface area contributed by atoms with Gasteiger partial charge < -0.3 is 10.1 Å². The third-order valence-electron chi connectivity index (χ3n) is 4.91. The third-order valence-corrected chi connectivity index (χ3v) is 5.80. The summed E-state index contributed by atoms with van der Waals surface area (Å²) in [5.74, 6) is 1.49. The van der Waals surface area contributed by atoms with E-state index in [1.807, 2.05) is 60.7 Å². The van der Waals surface area contributed by atoms with E-state index >= 15 is 0 Å². The van der Waals surface area contributed by atoms with Gasteiger partial charge in [-0.1, -0.05) is 12.1 Å². The van der Waals surface area contributed by atoms with E-state index in [0.717, 1.165) is 44.5 Å². The molecule has 0 spiro atoms. The van der Waals surface area contributed by atoms with Gasteiger partial charge in [0.15, 0.2) is 5.82 Å². The van der Waals surface area contributed by atoms with E-state index in [0.29, 0.717) is 5.82 Å². The first kappa shape index (κ1) is 19.8. The number of ether oxygens (including phenoxy) is 1. The first-order valence-electron chi connectivity index (χ1n) is 10.00. The summed E-state index contributed by atoms with van der Waals surface area (Å²) >= 11 is 1.62. The molecular weight excluding hydrogens is 418 g/mol. The Morgan fingerprint density at radius 2 is 1.62 bits per heavy atom. The van der Waals surface area contributed by atoms with Gasteiger partial charge in [-0.2, -0.15) is 0 Å². The van der Waals surface area contributed by atoms with Crippen molar-refractivity contribution in [2.24, 2.45) is 0 Å². The maximum Gasteiger partial charge on any atom is 0.153 e. The van der Waals surface area contributed by atoms with Crippen molar-refractivity contribution in [3.05, 3.63) is 90.6 Å². The van der Waals surface area contributed by atoms with E-state index in [9.17, 15) is 0 Å². The van der Waals surface area contributed by atoms with Crippen LogP contribution in [0.25, 0.3) is 33.1 Å². The lowest BCUT2D eigenvalue weighted by Crippen LogP contribution is -1.96. The van der Waals surface area contributed by atoms with E-state index < -0.39 is 0 Å². The average molecular weight is 438 g/mol. The van der Waals surface area contributed by atoms with E-state index in [2.05, 4.69) is 38.0 Å². The molecule has 32 heavy (non-hydrogen) atoms. The normalized spacial score (nSPS) is 10.7. The van der Waals surface area contributed by atoms with Gasteiger partial charge in [-0.3, -0.25) is 4.98 Å². The summed E-state index contributed by atoms with van der Waals surface area (Å²) in [6.45, 7) is 0. The molecule has 0 aliphatic rings. The molecule has 3 aromatic heterocycles. The highest BCUT2D eigenvalue weighted by Crippen LogP contribution is 2.30. The molecule has 5 aromatic rings. The monoisotopic (exact) mass is 437 g/mol. The average Bonchev–Trinajstić information content (AvgIpc) is 3.36. The summed E-state index contributed by atoms with van der Waals surface area (Å²) in [7, 11) is 1.65. The van der Waals surface area contributed by atoms with Crippen molar-refractivity contribution in [2.45, 2.75) is 0 Å². The third kappa shape index (κ3) is 4.33. The highest BCUT2D eigenvalue weighted by atomic mass is 32.1. The van der Waals surface area contributed by atoms with Crippen LogP contribution in [0.4, 0.5) is 11.5 Å². The highest BCUT2D eigenvalue weighted by Gasteiger charge is 2.08. The second-order valence-corrected chi connectivity index (χ2v) is 7.87.